The molecule has 1 amide bonds. The molecule has 1 aromatic carbocycles. The number of halogens is 3. The fourth-order valence-corrected chi connectivity index (χ4v) is 5.58. The van der Waals surface area contributed by atoms with Gasteiger partial charge in [-0.15, -0.1) is 16.4 Å². The van der Waals surface area contributed by atoms with Crippen LogP contribution in [0.1, 0.15) is 9.75 Å². The minimum Gasteiger partial charge on any atom is -0.504 e. The standard InChI is InChI=1S/C16H11F3N6O4S2/c1-25-11(12(26)13-9(31(25,28)29)6-10(30-13)16(17,18)19)15(27)20-8-5-3-2-4-7(8)14-21-23-24-22-14/h2-6,26H,1H3,(H,20,27)(H,21,22,23,24). The number of carbonyl (C=O) groups is 1. The van der Waals surface area contributed by atoms with Crippen LogP contribution in [0.5, 0.6) is 0 Å². The Kier molecular flexibility index (Phi) is 4.73. The van der Waals surface area contributed by atoms with Crippen LogP contribution in [0, 0.1) is 0 Å². The van der Waals surface area contributed by atoms with Gasteiger partial charge in [-0.2, -0.15) is 13.2 Å². The summed E-state index contributed by atoms with van der Waals surface area (Å²) < 4.78 is 65.1. The average molecular weight is 472 g/mol. The summed E-state index contributed by atoms with van der Waals surface area (Å²) in [5.41, 5.74) is -0.197. The predicted octanol–water partition coefficient (Wildman–Crippen LogP) is 2.45. The SMILES string of the molecule is CN1C(C(=O)Nc2ccccc2-c2nnn[nH]2)=C(O)c2sc(C(F)(F)F)cc2S1(=O)=O. The van der Waals surface area contributed by atoms with Crippen molar-refractivity contribution in [3.63, 3.8) is 0 Å². The van der Waals surface area contributed by atoms with Crippen LogP contribution in [0.25, 0.3) is 17.1 Å². The second kappa shape index (κ2) is 7.05. The number of carbonyl (C=O) groups excluding carboxylic acids is 1. The second-order valence-electron chi connectivity index (χ2n) is 6.22. The van der Waals surface area contributed by atoms with E-state index in [1.54, 1.807) is 18.2 Å². The van der Waals surface area contributed by atoms with Gasteiger partial charge in [0, 0.05) is 12.6 Å². The minimum atomic E-state index is -4.82. The molecule has 3 N–H and O–H groups in total. The Balaban J connectivity index is 1.79. The first-order valence-corrected chi connectivity index (χ1v) is 10.6. The number of sulfonamides is 1. The van der Waals surface area contributed by atoms with Gasteiger partial charge >= 0.3 is 6.18 Å². The number of anilines is 1. The van der Waals surface area contributed by atoms with Crippen molar-refractivity contribution in [2.45, 2.75) is 11.1 Å². The van der Waals surface area contributed by atoms with Crippen LogP contribution >= 0.6 is 11.3 Å². The van der Waals surface area contributed by atoms with Crippen LogP contribution in [0.2, 0.25) is 0 Å². The first-order chi connectivity index (χ1) is 14.5. The molecule has 15 heteroatoms. The van der Waals surface area contributed by atoms with Crippen LogP contribution in [-0.4, -0.2) is 51.4 Å². The molecule has 0 saturated carbocycles. The lowest BCUT2D eigenvalue weighted by atomic mass is 10.1. The molecular formula is C16H11F3N6O4S2. The lowest BCUT2D eigenvalue weighted by Crippen LogP contribution is -2.36. The molecule has 0 unspecified atom stereocenters. The third-order valence-electron chi connectivity index (χ3n) is 4.36. The molecule has 162 valence electrons. The van der Waals surface area contributed by atoms with Crippen LogP contribution < -0.4 is 5.32 Å². The van der Waals surface area contributed by atoms with Gasteiger partial charge in [-0.05, 0) is 28.6 Å². The Labute approximate surface area is 176 Å². The smallest absolute Gasteiger partial charge is 0.425 e. The van der Waals surface area contributed by atoms with Crippen molar-refractivity contribution in [2.24, 2.45) is 0 Å². The topological polar surface area (TPSA) is 141 Å². The first kappa shape index (κ1) is 20.8. The molecule has 0 bridgehead atoms. The number of tetrazole rings is 1. The third kappa shape index (κ3) is 3.40. The number of aliphatic hydroxyl groups excluding tert-OH is 1. The molecule has 0 radical (unpaired) electrons. The normalized spacial score (nSPS) is 15.7. The Bertz CT molecular complexity index is 1320. The van der Waals surface area contributed by atoms with Gasteiger partial charge < -0.3 is 10.4 Å². The van der Waals surface area contributed by atoms with Gasteiger partial charge in [-0.3, -0.25) is 9.10 Å². The van der Waals surface area contributed by atoms with Crippen LogP contribution in [0.15, 0.2) is 40.9 Å². The first-order valence-electron chi connectivity index (χ1n) is 8.30. The fourth-order valence-electron chi connectivity index (χ4n) is 2.90. The lowest BCUT2D eigenvalue weighted by Gasteiger charge is -2.26. The molecule has 31 heavy (non-hydrogen) atoms. The van der Waals surface area contributed by atoms with E-state index in [-0.39, 0.29) is 22.8 Å². The number of fused-ring (bicyclic) bond motifs is 1. The summed E-state index contributed by atoms with van der Waals surface area (Å²) >= 11 is 0.0331. The number of thiophene rings is 1. The van der Waals surface area contributed by atoms with Gasteiger partial charge in [0.05, 0.1) is 10.6 Å². The third-order valence-corrected chi connectivity index (χ3v) is 7.46. The zero-order chi connectivity index (χ0) is 22.6. The molecule has 1 aliphatic heterocycles. The van der Waals surface area contributed by atoms with Gasteiger partial charge in [0.25, 0.3) is 15.9 Å². The van der Waals surface area contributed by atoms with Crippen molar-refractivity contribution in [3.05, 3.63) is 45.8 Å². The van der Waals surface area contributed by atoms with Crippen molar-refractivity contribution >= 4 is 38.7 Å². The molecule has 0 aliphatic carbocycles. The van der Waals surface area contributed by atoms with Crippen molar-refractivity contribution in [2.75, 3.05) is 12.4 Å². The molecule has 10 nitrogen and oxygen atoms in total. The molecular weight excluding hydrogens is 461 g/mol. The zero-order valence-electron chi connectivity index (χ0n) is 15.3. The molecule has 0 spiro atoms. The highest BCUT2D eigenvalue weighted by molar-refractivity contribution is 7.89. The molecule has 3 heterocycles. The quantitative estimate of drug-likeness (QED) is 0.532. The van der Waals surface area contributed by atoms with E-state index in [9.17, 15) is 31.5 Å². The Hall–Kier alpha value is -3.46. The Morgan fingerprint density at radius 2 is 2.00 bits per heavy atom. The summed E-state index contributed by atoms with van der Waals surface area (Å²) in [6.45, 7) is 0. The summed E-state index contributed by atoms with van der Waals surface area (Å²) in [4.78, 5) is 10.4. The van der Waals surface area contributed by atoms with Gasteiger partial charge in [0.2, 0.25) is 0 Å². The number of benzene rings is 1. The van der Waals surface area contributed by atoms with E-state index < -0.39 is 48.2 Å². The van der Waals surface area contributed by atoms with E-state index >= 15 is 0 Å². The van der Waals surface area contributed by atoms with E-state index in [2.05, 4.69) is 25.9 Å². The molecule has 2 aromatic heterocycles. The van der Waals surface area contributed by atoms with Crippen LogP contribution in [-0.2, 0) is 21.0 Å². The Morgan fingerprint density at radius 3 is 2.65 bits per heavy atom. The van der Waals surface area contributed by atoms with Gasteiger partial charge in [-0.25, -0.2) is 13.5 Å². The van der Waals surface area contributed by atoms with E-state index in [0.29, 0.717) is 15.9 Å². The number of para-hydroxylation sites is 1. The maximum atomic E-state index is 13.1. The summed E-state index contributed by atoms with van der Waals surface area (Å²) in [5.74, 6) is -1.74. The highest BCUT2D eigenvalue weighted by Gasteiger charge is 2.43. The molecule has 3 aromatic rings. The lowest BCUT2D eigenvalue weighted by molar-refractivity contribution is -0.134. The maximum Gasteiger partial charge on any atom is 0.425 e. The second-order valence-corrected chi connectivity index (χ2v) is 9.21. The van der Waals surface area contributed by atoms with Crippen molar-refractivity contribution in [3.8, 4) is 11.4 Å². The van der Waals surface area contributed by atoms with E-state index in [1.807, 2.05) is 0 Å². The summed E-state index contributed by atoms with van der Waals surface area (Å²) in [7, 11) is -3.55. The number of rotatable bonds is 3. The fraction of sp³-hybridized carbons (Fsp3) is 0.125. The number of amides is 1. The van der Waals surface area contributed by atoms with Crippen molar-refractivity contribution in [1.82, 2.24) is 24.9 Å². The number of nitrogens with one attached hydrogen (secondary N) is 2. The van der Waals surface area contributed by atoms with Crippen LogP contribution in [0.4, 0.5) is 18.9 Å². The summed E-state index contributed by atoms with van der Waals surface area (Å²) in [6, 6.07) is 6.69. The minimum absolute atomic E-state index is 0.0331. The van der Waals surface area contributed by atoms with E-state index in [1.165, 1.54) is 6.07 Å². The largest absolute Gasteiger partial charge is 0.504 e. The van der Waals surface area contributed by atoms with Crippen molar-refractivity contribution in [1.29, 1.82) is 0 Å². The zero-order valence-corrected chi connectivity index (χ0v) is 16.9. The molecule has 0 fully saturated rings. The average Bonchev–Trinajstić information content (AvgIpc) is 3.37. The number of aromatic nitrogens is 4. The monoisotopic (exact) mass is 472 g/mol. The number of nitrogens with zero attached hydrogens (tertiary/aromatic N) is 4. The van der Waals surface area contributed by atoms with Crippen LogP contribution in [0.3, 0.4) is 0 Å². The van der Waals surface area contributed by atoms with E-state index in [4.69, 9.17) is 0 Å². The molecule has 0 saturated heterocycles. The van der Waals surface area contributed by atoms with E-state index in [0.717, 1.165) is 7.05 Å². The number of likely N-dealkylation sites (N-methyl/N-ethyl adjacent to an activating group) is 1. The van der Waals surface area contributed by atoms with Gasteiger partial charge in [0.1, 0.15) is 9.77 Å². The number of alkyl halides is 3. The molecule has 4 rings (SSSR count). The van der Waals surface area contributed by atoms with Gasteiger partial charge in [0.15, 0.2) is 17.3 Å². The number of H-pyrrole nitrogens is 1. The number of hydrogen-bond acceptors (Lipinski definition) is 8. The predicted molar refractivity (Wildman–Crippen MR) is 102 cm³/mol. The summed E-state index contributed by atoms with van der Waals surface area (Å²) in [6.07, 6.45) is -4.82. The van der Waals surface area contributed by atoms with Gasteiger partial charge in [-0.1, -0.05) is 12.1 Å². The Morgan fingerprint density at radius 1 is 1.29 bits per heavy atom. The highest BCUT2D eigenvalue weighted by atomic mass is 32.2. The number of aliphatic hydroxyl groups is 1. The maximum absolute atomic E-state index is 13.1. The number of aromatic amines is 1. The molecule has 0 atom stereocenters. The summed E-state index contributed by atoms with van der Waals surface area (Å²) in [5, 5.41) is 26.1. The van der Waals surface area contributed by atoms with Crippen molar-refractivity contribution < 1.29 is 31.5 Å². The molecule has 1 aliphatic rings. The number of hydrogen-bond donors (Lipinski definition) is 3. The highest BCUT2D eigenvalue weighted by Crippen LogP contribution is 2.45.